The van der Waals surface area contributed by atoms with Crippen molar-refractivity contribution < 1.29 is 9.13 Å². The van der Waals surface area contributed by atoms with E-state index in [1.54, 1.807) is 29.7 Å². The van der Waals surface area contributed by atoms with Crippen LogP contribution in [0.3, 0.4) is 0 Å². The van der Waals surface area contributed by atoms with Crippen molar-refractivity contribution in [2.45, 2.75) is 13.5 Å². The quantitative estimate of drug-likeness (QED) is 0.797. The number of thiazole rings is 1. The first-order chi connectivity index (χ1) is 7.24. The Hall–Kier alpha value is -1.42. The van der Waals surface area contributed by atoms with Crippen LogP contribution in [0.4, 0.5) is 4.39 Å². The zero-order valence-electron chi connectivity index (χ0n) is 8.24. The molecule has 0 aliphatic heterocycles. The van der Waals surface area contributed by atoms with Gasteiger partial charge in [-0.1, -0.05) is 6.07 Å². The third-order valence-corrected chi connectivity index (χ3v) is 2.73. The largest absolute Gasteiger partial charge is 0.488 e. The molecule has 0 N–H and O–H groups in total. The second-order valence-corrected chi connectivity index (χ2v) is 4.41. The molecule has 4 heteroatoms. The molecular weight excluding hydrogens is 213 g/mol. The zero-order valence-corrected chi connectivity index (χ0v) is 9.05. The molecular formula is C11H10FNOS. The summed E-state index contributed by atoms with van der Waals surface area (Å²) in [6, 6.07) is 6.12. The summed E-state index contributed by atoms with van der Waals surface area (Å²) in [5.74, 6) is 0.258. The Labute approximate surface area is 91.4 Å². The van der Waals surface area contributed by atoms with E-state index in [0.717, 1.165) is 9.88 Å². The van der Waals surface area contributed by atoms with E-state index in [2.05, 4.69) is 4.98 Å². The highest BCUT2D eigenvalue weighted by Crippen LogP contribution is 2.17. The Kier molecular flexibility index (Phi) is 2.97. The van der Waals surface area contributed by atoms with Crippen LogP contribution in [0.1, 0.15) is 9.88 Å². The van der Waals surface area contributed by atoms with E-state index >= 15 is 0 Å². The molecule has 0 spiro atoms. The summed E-state index contributed by atoms with van der Waals surface area (Å²) in [6.45, 7) is 2.38. The topological polar surface area (TPSA) is 22.1 Å². The molecule has 0 saturated carbocycles. The van der Waals surface area contributed by atoms with Gasteiger partial charge in [-0.25, -0.2) is 9.37 Å². The normalized spacial score (nSPS) is 10.3. The first-order valence-corrected chi connectivity index (χ1v) is 5.35. The maximum absolute atomic E-state index is 12.8. The number of aromatic nitrogens is 1. The summed E-state index contributed by atoms with van der Waals surface area (Å²) in [4.78, 5) is 5.15. The molecule has 78 valence electrons. The Bertz CT molecular complexity index is 455. The minimum absolute atomic E-state index is 0.284. The van der Waals surface area contributed by atoms with Crippen molar-refractivity contribution in [2.75, 3.05) is 0 Å². The lowest BCUT2D eigenvalue weighted by molar-refractivity contribution is 0.308. The molecule has 15 heavy (non-hydrogen) atoms. The second-order valence-electron chi connectivity index (χ2n) is 3.09. The maximum Gasteiger partial charge on any atom is 0.126 e. The highest BCUT2D eigenvalue weighted by atomic mass is 32.1. The number of hydrogen-bond donors (Lipinski definition) is 0. The van der Waals surface area contributed by atoms with Crippen LogP contribution >= 0.6 is 11.3 Å². The van der Waals surface area contributed by atoms with Crippen LogP contribution in [0, 0.1) is 12.7 Å². The van der Waals surface area contributed by atoms with Crippen LogP contribution in [-0.4, -0.2) is 4.98 Å². The van der Waals surface area contributed by atoms with Gasteiger partial charge in [0.15, 0.2) is 0 Å². The highest BCUT2D eigenvalue weighted by Gasteiger charge is 2.00. The molecule has 1 aromatic carbocycles. The lowest BCUT2D eigenvalue weighted by Crippen LogP contribution is -1.92. The average Bonchev–Trinajstić information content (AvgIpc) is 2.62. The van der Waals surface area contributed by atoms with Crippen LogP contribution < -0.4 is 4.74 Å². The summed E-state index contributed by atoms with van der Waals surface area (Å²) in [5.41, 5.74) is 0. The minimum atomic E-state index is -0.284. The average molecular weight is 223 g/mol. The molecule has 0 aliphatic carbocycles. The third-order valence-electron chi connectivity index (χ3n) is 1.85. The third kappa shape index (κ3) is 2.76. The second kappa shape index (κ2) is 4.40. The van der Waals surface area contributed by atoms with E-state index in [-0.39, 0.29) is 5.82 Å². The van der Waals surface area contributed by atoms with E-state index in [1.165, 1.54) is 12.1 Å². The number of aryl methyl sites for hydroxylation is 1. The first kappa shape index (κ1) is 10.1. The van der Waals surface area contributed by atoms with Gasteiger partial charge in [0, 0.05) is 12.3 Å². The molecule has 0 amide bonds. The van der Waals surface area contributed by atoms with Gasteiger partial charge in [0.25, 0.3) is 0 Å². The fourth-order valence-corrected chi connectivity index (χ4v) is 1.89. The van der Waals surface area contributed by atoms with E-state index in [0.29, 0.717) is 12.4 Å². The van der Waals surface area contributed by atoms with E-state index < -0.39 is 0 Å². The Balaban J connectivity index is 1.99. The smallest absolute Gasteiger partial charge is 0.126 e. The van der Waals surface area contributed by atoms with Gasteiger partial charge in [-0.3, -0.25) is 0 Å². The van der Waals surface area contributed by atoms with Crippen LogP contribution in [0.15, 0.2) is 30.5 Å². The SMILES string of the molecule is Cc1ncc(COc2cccc(F)c2)s1. The summed E-state index contributed by atoms with van der Waals surface area (Å²) >= 11 is 1.58. The van der Waals surface area contributed by atoms with Gasteiger partial charge in [0.05, 0.1) is 9.88 Å². The number of rotatable bonds is 3. The molecule has 2 aromatic rings. The van der Waals surface area contributed by atoms with Gasteiger partial charge in [0.2, 0.25) is 0 Å². The van der Waals surface area contributed by atoms with Crippen molar-refractivity contribution >= 4 is 11.3 Å². The van der Waals surface area contributed by atoms with E-state index in [9.17, 15) is 4.39 Å². The van der Waals surface area contributed by atoms with Crippen molar-refractivity contribution in [3.63, 3.8) is 0 Å². The standard InChI is InChI=1S/C11H10FNOS/c1-8-13-6-11(15-8)7-14-10-4-2-3-9(12)5-10/h2-6H,7H2,1H3. The fourth-order valence-electron chi connectivity index (χ4n) is 1.18. The van der Waals surface area contributed by atoms with Crippen LogP contribution in [-0.2, 0) is 6.61 Å². The number of nitrogens with zero attached hydrogens (tertiary/aromatic N) is 1. The van der Waals surface area contributed by atoms with Crippen LogP contribution in [0.2, 0.25) is 0 Å². The molecule has 0 unspecified atom stereocenters. The zero-order chi connectivity index (χ0) is 10.7. The fraction of sp³-hybridized carbons (Fsp3) is 0.182. The van der Waals surface area contributed by atoms with Crippen molar-refractivity contribution in [3.05, 3.63) is 46.2 Å². The number of halogens is 1. The first-order valence-electron chi connectivity index (χ1n) is 4.54. The highest BCUT2D eigenvalue weighted by molar-refractivity contribution is 7.11. The molecule has 1 aromatic heterocycles. The van der Waals surface area contributed by atoms with Crippen LogP contribution in [0.5, 0.6) is 5.75 Å². The van der Waals surface area contributed by atoms with Gasteiger partial charge in [-0.15, -0.1) is 11.3 Å². The molecule has 2 nitrogen and oxygen atoms in total. The van der Waals surface area contributed by atoms with Crippen molar-refractivity contribution in [1.29, 1.82) is 0 Å². The predicted molar refractivity (Wildman–Crippen MR) is 57.6 cm³/mol. The molecule has 0 saturated heterocycles. The molecule has 0 atom stereocenters. The van der Waals surface area contributed by atoms with Gasteiger partial charge in [-0.05, 0) is 19.1 Å². The summed E-state index contributed by atoms with van der Waals surface area (Å²) in [5, 5.41) is 1.01. The predicted octanol–water partition coefficient (Wildman–Crippen LogP) is 3.17. The number of hydrogen-bond acceptors (Lipinski definition) is 3. The van der Waals surface area contributed by atoms with Crippen molar-refractivity contribution in [2.24, 2.45) is 0 Å². The Morgan fingerprint density at radius 3 is 3.00 bits per heavy atom. The number of ether oxygens (including phenoxy) is 1. The molecule has 1 heterocycles. The van der Waals surface area contributed by atoms with Crippen LogP contribution in [0.25, 0.3) is 0 Å². The summed E-state index contributed by atoms with van der Waals surface area (Å²) in [7, 11) is 0. The Morgan fingerprint density at radius 1 is 1.47 bits per heavy atom. The molecule has 0 bridgehead atoms. The van der Waals surface area contributed by atoms with Gasteiger partial charge >= 0.3 is 0 Å². The van der Waals surface area contributed by atoms with Crippen molar-refractivity contribution in [1.82, 2.24) is 4.98 Å². The molecule has 0 aliphatic rings. The Morgan fingerprint density at radius 2 is 2.33 bits per heavy atom. The van der Waals surface area contributed by atoms with E-state index in [4.69, 9.17) is 4.74 Å². The maximum atomic E-state index is 12.8. The molecule has 2 rings (SSSR count). The monoisotopic (exact) mass is 223 g/mol. The lowest BCUT2D eigenvalue weighted by atomic mass is 10.3. The van der Waals surface area contributed by atoms with E-state index in [1.807, 2.05) is 6.92 Å². The van der Waals surface area contributed by atoms with Gasteiger partial charge in [0.1, 0.15) is 18.2 Å². The summed E-state index contributed by atoms with van der Waals surface area (Å²) in [6.07, 6.45) is 1.78. The lowest BCUT2D eigenvalue weighted by Gasteiger charge is -2.03. The molecule has 0 fully saturated rings. The number of benzene rings is 1. The minimum Gasteiger partial charge on any atom is -0.488 e. The summed E-state index contributed by atoms with van der Waals surface area (Å²) < 4.78 is 18.2. The molecule has 0 radical (unpaired) electrons. The van der Waals surface area contributed by atoms with Crippen molar-refractivity contribution in [3.8, 4) is 5.75 Å². The van der Waals surface area contributed by atoms with Gasteiger partial charge < -0.3 is 4.74 Å². The van der Waals surface area contributed by atoms with Gasteiger partial charge in [-0.2, -0.15) is 0 Å².